The van der Waals surface area contributed by atoms with Crippen molar-refractivity contribution in [1.29, 1.82) is 0 Å². The molecule has 1 aliphatic heterocycles. The van der Waals surface area contributed by atoms with E-state index in [9.17, 15) is 4.79 Å². The van der Waals surface area contributed by atoms with E-state index in [1.165, 1.54) is 0 Å². The molecule has 0 bridgehead atoms. The lowest BCUT2D eigenvalue weighted by atomic mass is 10.1. The van der Waals surface area contributed by atoms with Gasteiger partial charge in [0.1, 0.15) is 24.2 Å². The number of hydrogen-bond acceptors (Lipinski definition) is 7. The van der Waals surface area contributed by atoms with Crippen LogP contribution in [0.15, 0.2) is 53.1 Å². The Labute approximate surface area is 168 Å². The Morgan fingerprint density at radius 3 is 2.66 bits per heavy atom. The van der Waals surface area contributed by atoms with E-state index in [1.54, 1.807) is 31.3 Å². The number of carbonyl (C=O) groups is 1. The predicted octanol–water partition coefficient (Wildman–Crippen LogP) is 2.80. The first kappa shape index (κ1) is 18.9. The summed E-state index contributed by atoms with van der Waals surface area (Å²) in [5, 5.41) is 3.93. The maximum Gasteiger partial charge on any atom is 0.254 e. The molecule has 1 saturated heterocycles. The van der Waals surface area contributed by atoms with Crippen LogP contribution in [-0.2, 0) is 11.3 Å². The van der Waals surface area contributed by atoms with Crippen LogP contribution in [0.4, 0.5) is 0 Å². The molecule has 8 nitrogen and oxygen atoms in total. The van der Waals surface area contributed by atoms with E-state index < -0.39 is 0 Å². The third-order valence-corrected chi connectivity index (χ3v) is 4.60. The van der Waals surface area contributed by atoms with Crippen LogP contribution >= 0.6 is 0 Å². The summed E-state index contributed by atoms with van der Waals surface area (Å²) >= 11 is 0. The Bertz CT molecular complexity index is 980. The van der Waals surface area contributed by atoms with Gasteiger partial charge in [-0.3, -0.25) is 4.79 Å². The monoisotopic (exact) mass is 395 g/mol. The summed E-state index contributed by atoms with van der Waals surface area (Å²) < 4.78 is 21.2. The lowest BCUT2D eigenvalue weighted by molar-refractivity contribution is 0.0178. The molecule has 0 aliphatic carbocycles. The summed E-state index contributed by atoms with van der Waals surface area (Å²) in [6, 6.07) is 14.6. The Balaban J connectivity index is 1.31. The molecule has 150 valence electrons. The number of amides is 1. The molecule has 0 spiro atoms. The van der Waals surface area contributed by atoms with Crippen LogP contribution in [0.2, 0.25) is 0 Å². The van der Waals surface area contributed by atoms with Gasteiger partial charge in [0.15, 0.2) is 0 Å². The maximum atomic E-state index is 12.5. The topological polar surface area (TPSA) is 86.9 Å². The number of methoxy groups -OCH3 is 2. The number of ether oxygens (including phenoxy) is 3. The van der Waals surface area contributed by atoms with Gasteiger partial charge >= 0.3 is 0 Å². The van der Waals surface area contributed by atoms with E-state index in [0.29, 0.717) is 36.1 Å². The third-order valence-electron chi connectivity index (χ3n) is 4.60. The minimum absolute atomic E-state index is 0.0249. The van der Waals surface area contributed by atoms with E-state index in [0.717, 1.165) is 11.3 Å². The molecule has 4 rings (SSSR count). The van der Waals surface area contributed by atoms with Crippen molar-refractivity contribution in [2.24, 2.45) is 0 Å². The zero-order valence-corrected chi connectivity index (χ0v) is 16.2. The number of aromatic nitrogens is 2. The average molecular weight is 395 g/mol. The first-order valence-corrected chi connectivity index (χ1v) is 9.18. The molecule has 0 N–H and O–H groups in total. The molecule has 2 heterocycles. The van der Waals surface area contributed by atoms with Gasteiger partial charge in [-0.25, -0.2) is 0 Å². The zero-order valence-electron chi connectivity index (χ0n) is 16.2. The van der Waals surface area contributed by atoms with Gasteiger partial charge in [0.25, 0.3) is 11.8 Å². The fourth-order valence-corrected chi connectivity index (χ4v) is 3.05. The van der Waals surface area contributed by atoms with Crippen molar-refractivity contribution in [2.75, 3.05) is 27.3 Å². The number of benzene rings is 2. The van der Waals surface area contributed by atoms with Gasteiger partial charge in [-0.1, -0.05) is 11.2 Å². The van der Waals surface area contributed by atoms with Crippen molar-refractivity contribution in [3.05, 3.63) is 60.0 Å². The molecule has 1 amide bonds. The Kier molecular flexibility index (Phi) is 5.44. The summed E-state index contributed by atoms with van der Waals surface area (Å²) in [6.45, 7) is 1.37. The fourth-order valence-electron chi connectivity index (χ4n) is 3.05. The first-order chi connectivity index (χ1) is 14.2. The smallest absolute Gasteiger partial charge is 0.254 e. The second-order valence-electron chi connectivity index (χ2n) is 6.65. The molecule has 1 fully saturated rings. The molecule has 0 saturated carbocycles. The number of likely N-dealkylation sites (tertiary alicyclic amines) is 1. The molecular weight excluding hydrogens is 374 g/mol. The summed E-state index contributed by atoms with van der Waals surface area (Å²) in [5.41, 5.74) is 1.44. The largest absolute Gasteiger partial charge is 0.497 e. The lowest BCUT2D eigenvalue weighted by Gasteiger charge is -2.39. The van der Waals surface area contributed by atoms with Crippen molar-refractivity contribution in [3.8, 4) is 22.9 Å². The lowest BCUT2D eigenvalue weighted by Crippen LogP contribution is -2.56. The summed E-state index contributed by atoms with van der Waals surface area (Å²) in [4.78, 5) is 18.5. The highest BCUT2D eigenvalue weighted by Gasteiger charge is 2.33. The quantitative estimate of drug-likeness (QED) is 0.608. The van der Waals surface area contributed by atoms with Crippen molar-refractivity contribution in [2.45, 2.75) is 12.7 Å². The highest BCUT2D eigenvalue weighted by molar-refractivity contribution is 5.95. The highest BCUT2D eigenvalue weighted by Crippen LogP contribution is 2.24. The molecule has 8 heteroatoms. The van der Waals surface area contributed by atoms with E-state index in [2.05, 4.69) is 10.1 Å². The molecule has 1 aliphatic rings. The third kappa shape index (κ3) is 4.22. The van der Waals surface area contributed by atoms with E-state index >= 15 is 0 Å². The maximum absolute atomic E-state index is 12.5. The number of rotatable bonds is 7. The molecule has 2 aromatic carbocycles. The zero-order chi connectivity index (χ0) is 20.2. The van der Waals surface area contributed by atoms with Crippen LogP contribution in [0.3, 0.4) is 0 Å². The Morgan fingerprint density at radius 1 is 1.14 bits per heavy atom. The molecular formula is C21H21N3O5. The normalized spacial score (nSPS) is 13.8. The predicted molar refractivity (Wildman–Crippen MR) is 104 cm³/mol. The molecule has 29 heavy (non-hydrogen) atoms. The Hall–Kier alpha value is -3.39. The van der Waals surface area contributed by atoms with Crippen molar-refractivity contribution in [3.63, 3.8) is 0 Å². The van der Waals surface area contributed by atoms with Crippen molar-refractivity contribution >= 4 is 5.91 Å². The van der Waals surface area contributed by atoms with Crippen molar-refractivity contribution < 1.29 is 23.5 Å². The van der Waals surface area contributed by atoms with Crippen LogP contribution in [0.5, 0.6) is 11.5 Å². The average Bonchev–Trinajstić information content (AvgIpc) is 3.19. The second-order valence-corrected chi connectivity index (χ2v) is 6.65. The minimum atomic E-state index is -0.0334. The van der Waals surface area contributed by atoms with Crippen LogP contribution < -0.4 is 9.47 Å². The van der Waals surface area contributed by atoms with Gasteiger partial charge in [0.2, 0.25) is 5.82 Å². The van der Waals surface area contributed by atoms with Gasteiger partial charge in [-0.15, -0.1) is 0 Å². The molecule has 0 atom stereocenters. The molecule has 0 radical (unpaired) electrons. The van der Waals surface area contributed by atoms with E-state index in [1.807, 2.05) is 36.4 Å². The van der Waals surface area contributed by atoms with Gasteiger partial charge in [-0.2, -0.15) is 4.98 Å². The molecule has 3 aromatic rings. The van der Waals surface area contributed by atoms with Gasteiger partial charge in [0.05, 0.1) is 20.2 Å². The van der Waals surface area contributed by atoms with Crippen molar-refractivity contribution in [1.82, 2.24) is 15.0 Å². The van der Waals surface area contributed by atoms with Gasteiger partial charge in [-0.05, 0) is 42.5 Å². The Morgan fingerprint density at radius 2 is 1.93 bits per heavy atom. The second kappa shape index (κ2) is 8.32. The summed E-state index contributed by atoms with van der Waals surface area (Å²) in [7, 11) is 3.15. The van der Waals surface area contributed by atoms with Gasteiger partial charge in [0, 0.05) is 18.2 Å². The van der Waals surface area contributed by atoms with Gasteiger partial charge < -0.3 is 23.6 Å². The molecule has 1 aromatic heterocycles. The summed E-state index contributed by atoms with van der Waals surface area (Å²) in [5.74, 6) is 2.30. The number of hydrogen-bond donors (Lipinski definition) is 0. The van der Waals surface area contributed by atoms with Crippen LogP contribution in [0.1, 0.15) is 16.2 Å². The highest BCUT2D eigenvalue weighted by atomic mass is 16.5. The van der Waals surface area contributed by atoms with Crippen LogP contribution in [0.25, 0.3) is 11.4 Å². The standard InChI is InChI=1S/C21H21N3O5/c1-26-13-19-22-20(23-29-19)14-6-8-16(9-7-14)28-18-11-24(12-18)21(25)15-4-3-5-17(10-15)27-2/h3-10,18H,11-13H2,1-2H3. The SMILES string of the molecule is COCc1nc(-c2ccc(OC3CN(C(=O)c4cccc(OC)c4)C3)cc2)no1. The minimum Gasteiger partial charge on any atom is -0.497 e. The van der Waals surface area contributed by atoms with Crippen LogP contribution in [-0.4, -0.2) is 54.4 Å². The van der Waals surface area contributed by atoms with E-state index in [4.69, 9.17) is 18.7 Å². The summed E-state index contributed by atoms with van der Waals surface area (Å²) in [6.07, 6.45) is -0.0334. The van der Waals surface area contributed by atoms with Crippen LogP contribution in [0, 0.1) is 0 Å². The van der Waals surface area contributed by atoms with E-state index in [-0.39, 0.29) is 18.6 Å². The first-order valence-electron chi connectivity index (χ1n) is 9.18. The number of carbonyl (C=O) groups excluding carboxylic acids is 1. The fraction of sp³-hybridized carbons (Fsp3) is 0.286. The number of nitrogens with zero attached hydrogens (tertiary/aromatic N) is 3. The molecule has 0 unspecified atom stereocenters.